The van der Waals surface area contributed by atoms with Gasteiger partial charge >= 0.3 is 0 Å². The van der Waals surface area contributed by atoms with E-state index in [9.17, 15) is 9.18 Å². The van der Waals surface area contributed by atoms with E-state index >= 15 is 0 Å². The van der Waals surface area contributed by atoms with Gasteiger partial charge in [0.05, 0.1) is 18.6 Å². The van der Waals surface area contributed by atoms with Crippen LogP contribution in [-0.2, 0) is 9.53 Å². The Balaban J connectivity index is 1.55. The van der Waals surface area contributed by atoms with E-state index in [-0.39, 0.29) is 11.5 Å². The lowest BCUT2D eigenvalue weighted by Gasteiger charge is -2.38. The summed E-state index contributed by atoms with van der Waals surface area (Å²) in [5, 5.41) is 2.92. The third-order valence-corrected chi connectivity index (χ3v) is 4.67. The van der Waals surface area contributed by atoms with Crippen molar-refractivity contribution in [3.8, 4) is 11.5 Å². The summed E-state index contributed by atoms with van der Waals surface area (Å²) in [5.41, 5.74) is 1.60. The third kappa shape index (κ3) is 2.68. The topological polar surface area (TPSA) is 64.4 Å². The molecule has 1 saturated heterocycles. The number of nitrogens with zero attached hydrogens (tertiary/aromatic N) is 1. The molecule has 5 nitrogen and oxygen atoms in total. The molecule has 0 radical (unpaired) electrons. The first kappa shape index (κ1) is 15.8. The Morgan fingerprint density at radius 1 is 1.24 bits per heavy atom. The van der Waals surface area contributed by atoms with Gasteiger partial charge in [0.2, 0.25) is 11.8 Å². The van der Waals surface area contributed by atoms with Gasteiger partial charge in [-0.1, -0.05) is 13.0 Å². The number of ether oxygens (including phenoxy) is 1. The second-order valence-electron chi connectivity index (χ2n) is 6.27. The van der Waals surface area contributed by atoms with E-state index in [0.717, 1.165) is 6.42 Å². The van der Waals surface area contributed by atoms with Crippen LogP contribution in [0.4, 0.5) is 10.1 Å². The van der Waals surface area contributed by atoms with E-state index < -0.39 is 11.2 Å². The maximum atomic E-state index is 13.7. The fraction of sp³-hybridized carbons (Fsp3) is 0.263. The molecule has 1 amide bonds. The minimum atomic E-state index is -0.437. The van der Waals surface area contributed by atoms with E-state index in [4.69, 9.17) is 9.15 Å². The van der Waals surface area contributed by atoms with Crippen LogP contribution in [-0.4, -0.2) is 24.1 Å². The summed E-state index contributed by atoms with van der Waals surface area (Å²) in [6.45, 7) is 2.90. The highest BCUT2D eigenvalue weighted by Crippen LogP contribution is 2.33. The molecule has 6 heteroatoms. The molecule has 0 atom stereocenters. The van der Waals surface area contributed by atoms with Crippen molar-refractivity contribution in [1.82, 2.24) is 4.98 Å². The zero-order chi connectivity index (χ0) is 17.4. The lowest BCUT2D eigenvalue weighted by molar-refractivity contribution is -0.156. The molecule has 1 fully saturated rings. The molecule has 0 unspecified atom stereocenters. The van der Waals surface area contributed by atoms with Crippen LogP contribution < -0.4 is 5.32 Å². The molecule has 1 aliphatic heterocycles. The molecule has 0 bridgehead atoms. The zero-order valence-corrected chi connectivity index (χ0v) is 13.7. The number of halogens is 1. The molecule has 1 N–H and O–H groups in total. The van der Waals surface area contributed by atoms with E-state index in [1.807, 2.05) is 6.92 Å². The van der Waals surface area contributed by atoms with Crippen LogP contribution in [0.25, 0.3) is 22.6 Å². The van der Waals surface area contributed by atoms with Gasteiger partial charge in [-0.05, 0) is 42.8 Å². The lowest BCUT2D eigenvalue weighted by atomic mass is 9.82. The van der Waals surface area contributed by atoms with Crippen molar-refractivity contribution in [2.75, 3.05) is 18.5 Å². The number of carbonyl (C=O) groups excluding carboxylic acids is 1. The highest BCUT2D eigenvalue weighted by molar-refractivity contribution is 5.96. The van der Waals surface area contributed by atoms with Crippen molar-refractivity contribution in [2.24, 2.45) is 5.41 Å². The van der Waals surface area contributed by atoms with Crippen LogP contribution in [0.2, 0.25) is 0 Å². The smallest absolute Gasteiger partial charge is 0.235 e. The van der Waals surface area contributed by atoms with Crippen molar-refractivity contribution < 1.29 is 18.3 Å². The van der Waals surface area contributed by atoms with Gasteiger partial charge in [0, 0.05) is 11.3 Å². The quantitative estimate of drug-likeness (QED) is 0.780. The van der Waals surface area contributed by atoms with E-state index in [2.05, 4.69) is 10.3 Å². The normalized spacial score (nSPS) is 15.8. The summed E-state index contributed by atoms with van der Waals surface area (Å²) in [6, 6.07) is 11.8. The average molecular weight is 340 g/mol. The number of rotatable bonds is 4. The Morgan fingerprint density at radius 2 is 2.00 bits per heavy atom. The van der Waals surface area contributed by atoms with Crippen LogP contribution in [0.5, 0.6) is 0 Å². The van der Waals surface area contributed by atoms with Crippen molar-refractivity contribution >= 4 is 22.7 Å². The summed E-state index contributed by atoms with van der Waals surface area (Å²) in [5.74, 6) is -0.124. The number of benzene rings is 2. The second kappa shape index (κ2) is 5.97. The Hall–Kier alpha value is -2.73. The first-order chi connectivity index (χ1) is 12.1. The number of carbonyl (C=O) groups is 1. The van der Waals surface area contributed by atoms with Crippen LogP contribution >= 0.6 is 0 Å². The molecule has 128 valence electrons. The molecular weight excluding hydrogens is 323 g/mol. The minimum Gasteiger partial charge on any atom is -0.433 e. The van der Waals surface area contributed by atoms with E-state index in [0.29, 0.717) is 35.9 Å². The number of nitrogens with one attached hydrogen (secondary N) is 1. The van der Waals surface area contributed by atoms with Crippen LogP contribution in [0.15, 0.2) is 46.9 Å². The highest BCUT2D eigenvalue weighted by Gasteiger charge is 2.44. The molecule has 0 aliphatic carbocycles. The standard InChI is InChI=1S/C19H17FN2O3/c1-2-19(10-24-11-19)18(23)21-13-8-6-12(7-9-13)17-22-15-5-3-4-14(20)16(15)25-17/h3-9H,2,10-11H2,1H3,(H,21,23). The highest BCUT2D eigenvalue weighted by atomic mass is 19.1. The SMILES string of the molecule is CCC1(C(=O)Nc2ccc(-c3nc4cccc(F)c4o3)cc2)COC1. The number of hydrogen-bond acceptors (Lipinski definition) is 4. The maximum absolute atomic E-state index is 13.7. The second-order valence-corrected chi connectivity index (χ2v) is 6.27. The average Bonchev–Trinajstić information content (AvgIpc) is 3.01. The number of aromatic nitrogens is 1. The maximum Gasteiger partial charge on any atom is 0.235 e. The molecule has 0 spiro atoms. The predicted octanol–water partition coefficient (Wildman–Crippen LogP) is 4.00. The molecule has 3 aromatic rings. The van der Waals surface area contributed by atoms with Crippen molar-refractivity contribution in [2.45, 2.75) is 13.3 Å². The molecular formula is C19H17FN2O3. The minimum absolute atomic E-state index is 0.0297. The van der Waals surface area contributed by atoms with Crippen molar-refractivity contribution in [3.05, 3.63) is 48.3 Å². The number of anilines is 1. The van der Waals surface area contributed by atoms with E-state index in [1.54, 1.807) is 36.4 Å². The molecule has 1 aliphatic rings. The molecule has 4 rings (SSSR count). The Morgan fingerprint density at radius 3 is 2.60 bits per heavy atom. The number of para-hydroxylation sites is 1. The first-order valence-electron chi connectivity index (χ1n) is 8.16. The third-order valence-electron chi connectivity index (χ3n) is 4.67. The molecule has 0 saturated carbocycles. The summed E-state index contributed by atoms with van der Waals surface area (Å²) < 4.78 is 24.4. The van der Waals surface area contributed by atoms with Gasteiger partial charge in [-0.25, -0.2) is 9.37 Å². The molecule has 1 aromatic heterocycles. The van der Waals surface area contributed by atoms with Crippen LogP contribution in [0.1, 0.15) is 13.3 Å². The Labute approximate surface area is 143 Å². The van der Waals surface area contributed by atoms with Crippen LogP contribution in [0.3, 0.4) is 0 Å². The lowest BCUT2D eigenvalue weighted by Crippen LogP contribution is -2.51. The van der Waals surface area contributed by atoms with Gasteiger partial charge in [0.1, 0.15) is 5.52 Å². The van der Waals surface area contributed by atoms with Gasteiger partial charge in [0.25, 0.3) is 0 Å². The summed E-state index contributed by atoms with van der Waals surface area (Å²) in [7, 11) is 0. The number of fused-ring (bicyclic) bond motifs is 1. The molecule has 2 heterocycles. The number of oxazole rings is 1. The number of amides is 1. The van der Waals surface area contributed by atoms with Gasteiger partial charge in [-0.3, -0.25) is 4.79 Å². The van der Waals surface area contributed by atoms with Crippen LogP contribution in [0, 0.1) is 11.2 Å². The van der Waals surface area contributed by atoms with Gasteiger partial charge in [0.15, 0.2) is 11.4 Å². The molecule has 25 heavy (non-hydrogen) atoms. The monoisotopic (exact) mass is 340 g/mol. The number of hydrogen-bond donors (Lipinski definition) is 1. The molecule has 2 aromatic carbocycles. The summed E-state index contributed by atoms with van der Waals surface area (Å²) in [4.78, 5) is 16.7. The van der Waals surface area contributed by atoms with Gasteiger partial charge < -0.3 is 14.5 Å². The van der Waals surface area contributed by atoms with Crippen molar-refractivity contribution in [1.29, 1.82) is 0 Å². The largest absolute Gasteiger partial charge is 0.433 e. The summed E-state index contributed by atoms with van der Waals surface area (Å²) >= 11 is 0. The zero-order valence-electron chi connectivity index (χ0n) is 13.7. The Bertz CT molecular complexity index is 924. The van der Waals surface area contributed by atoms with E-state index in [1.165, 1.54) is 6.07 Å². The summed E-state index contributed by atoms with van der Waals surface area (Å²) in [6.07, 6.45) is 0.741. The Kier molecular flexibility index (Phi) is 3.77. The first-order valence-corrected chi connectivity index (χ1v) is 8.16. The fourth-order valence-electron chi connectivity index (χ4n) is 2.84. The van der Waals surface area contributed by atoms with Gasteiger partial charge in [-0.2, -0.15) is 0 Å². The van der Waals surface area contributed by atoms with Gasteiger partial charge in [-0.15, -0.1) is 0 Å². The van der Waals surface area contributed by atoms with Crippen molar-refractivity contribution in [3.63, 3.8) is 0 Å². The predicted molar refractivity (Wildman–Crippen MR) is 91.6 cm³/mol. The fourth-order valence-corrected chi connectivity index (χ4v) is 2.84.